The molecule has 0 bridgehead atoms. The monoisotopic (exact) mass is 190 g/mol. The second-order valence-electron chi connectivity index (χ2n) is 2.39. The van der Waals surface area contributed by atoms with Crippen LogP contribution >= 0.6 is 0 Å². The lowest BCUT2D eigenvalue weighted by atomic mass is 10.2. The molecule has 0 aliphatic heterocycles. The van der Waals surface area contributed by atoms with Gasteiger partial charge in [0.05, 0.1) is 0 Å². The van der Waals surface area contributed by atoms with Crippen molar-refractivity contribution < 1.29 is 4.79 Å². The summed E-state index contributed by atoms with van der Waals surface area (Å²) in [7, 11) is 0. The number of nitrogens with zero attached hydrogens (tertiary/aromatic N) is 2. The summed E-state index contributed by atoms with van der Waals surface area (Å²) >= 11 is 0. The highest BCUT2D eigenvalue weighted by atomic mass is 16.2. The van der Waals surface area contributed by atoms with Crippen molar-refractivity contribution in [2.45, 2.75) is 0 Å². The molecule has 0 fully saturated rings. The molecule has 5 heteroatoms. The van der Waals surface area contributed by atoms with Gasteiger partial charge >= 0.3 is 6.03 Å². The van der Waals surface area contributed by atoms with Crippen LogP contribution in [0.3, 0.4) is 0 Å². The molecule has 0 spiro atoms. The molecule has 0 unspecified atom stereocenters. The smallest absolute Gasteiger partial charge is 0.332 e. The predicted octanol–water partition coefficient (Wildman–Crippen LogP) is 0.749. The second-order valence-corrected chi connectivity index (χ2v) is 2.39. The van der Waals surface area contributed by atoms with E-state index in [2.05, 4.69) is 15.5 Å². The van der Waals surface area contributed by atoms with E-state index >= 15 is 0 Å². The predicted molar refractivity (Wildman–Crippen MR) is 54.5 cm³/mol. The summed E-state index contributed by atoms with van der Waals surface area (Å²) in [6, 6.07) is 3.02. The highest BCUT2D eigenvalue weighted by Gasteiger charge is 1.82. The standard InChI is InChI=1S/C9H10N4O/c10-9(14)13-12-5-1-2-8-3-6-11-7-4-8/h1-7H,(H3,10,13,14)/b2-1+,12-5+. The van der Waals surface area contributed by atoms with E-state index in [4.69, 9.17) is 5.73 Å². The van der Waals surface area contributed by atoms with Crippen molar-refractivity contribution in [3.8, 4) is 0 Å². The lowest BCUT2D eigenvalue weighted by Crippen LogP contribution is -2.24. The summed E-state index contributed by atoms with van der Waals surface area (Å²) in [6.07, 6.45) is 8.33. The van der Waals surface area contributed by atoms with Gasteiger partial charge in [-0.15, -0.1) is 0 Å². The summed E-state index contributed by atoms with van der Waals surface area (Å²) in [5, 5.41) is 3.53. The van der Waals surface area contributed by atoms with Crippen LogP contribution in [0, 0.1) is 0 Å². The number of nitrogens with two attached hydrogens (primary N) is 1. The summed E-state index contributed by atoms with van der Waals surface area (Å²) in [4.78, 5) is 14.1. The van der Waals surface area contributed by atoms with Crippen LogP contribution in [0.25, 0.3) is 6.08 Å². The maximum absolute atomic E-state index is 10.2. The molecule has 0 saturated carbocycles. The van der Waals surface area contributed by atoms with Gasteiger partial charge in [-0.05, 0) is 23.8 Å². The Morgan fingerprint density at radius 1 is 1.50 bits per heavy atom. The molecule has 0 aliphatic rings. The maximum atomic E-state index is 10.2. The van der Waals surface area contributed by atoms with Crippen LogP contribution in [-0.2, 0) is 0 Å². The van der Waals surface area contributed by atoms with E-state index in [0.29, 0.717) is 0 Å². The number of rotatable bonds is 3. The van der Waals surface area contributed by atoms with E-state index in [1.54, 1.807) is 18.5 Å². The molecule has 2 amide bonds. The van der Waals surface area contributed by atoms with Gasteiger partial charge in [-0.3, -0.25) is 4.98 Å². The van der Waals surface area contributed by atoms with Crippen molar-refractivity contribution in [2.75, 3.05) is 0 Å². The fraction of sp³-hybridized carbons (Fsp3) is 0. The number of hydrogen-bond acceptors (Lipinski definition) is 3. The molecule has 0 aliphatic carbocycles. The van der Waals surface area contributed by atoms with Crippen LogP contribution in [0.15, 0.2) is 35.7 Å². The van der Waals surface area contributed by atoms with Gasteiger partial charge < -0.3 is 5.73 Å². The molecule has 72 valence electrons. The number of hydrazone groups is 1. The number of amides is 2. The number of primary amides is 1. The Hall–Kier alpha value is -2.17. The van der Waals surface area contributed by atoms with Crippen molar-refractivity contribution in [2.24, 2.45) is 10.8 Å². The number of allylic oxidation sites excluding steroid dienone is 1. The largest absolute Gasteiger partial charge is 0.350 e. The molecule has 14 heavy (non-hydrogen) atoms. The van der Waals surface area contributed by atoms with E-state index in [9.17, 15) is 4.79 Å². The minimum absolute atomic E-state index is 0.682. The Labute approximate surface area is 81.3 Å². The molecule has 0 aromatic carbocycles. The number of nitrogens with one attached hydrogen (secondary N) is 1. The normalized spacial score (nSPS) is 10.9. The van der Waals surface area contributed by atoms with E-state index in [1.165, 1.54) is 6.21 Å². The third kappa shape index (κ3) is 4.01. The van der Waals surface area contributed by atoms with Crippen molar-refractivity contribution in [3.05, 3.63) is 36.2 Å². The van der Waals surface area contributed by atoms with Gasteiger partial charge in [0.15, 0.2) is 0 Å². The molecule has 5 nitrogen and oxygen atoms in total. The summed E-state index contributed by atoms with van der Waals surface area (Å²) in [5.41, 5.74) is 7.87. The van der Waals surface area contributed by atoms with Crippen molar-refractivity contribution in [3.63, 3.8) is 0 Å². The third-order valence-electron chi connectivity index (χ3n) is 1.33. The van der Waals surface area contributed by atoms with E-state index in [1.807, 2.05) is 18.2 Å². The average Bonchev–Trinajstić information content (AvgIpc) is 2.18. The SMILES string of the molecule is NC(=O)N/N=C/C=C/c1ccncc1. The molecule has 0 saturated heterocycles. The van der Waals surface area contributed by atoms with Crippen LogP contribution < -0.4 is 11.2 Å². The number of urea groups is 1. The molecular weight excluding hydrogens is 180 g/mol. The minimum atomic E-state index is -0.682. The lowest BCUT2D eigenvalue weighted by Gasteiger charge is -1.89. The van der Waals surface area contributed by atoms with Gasteiger partial charge in [-0.2, -0.15) is 5.10 Å². The first-order chi connectivity index (χ1) is 6.79. The van der Waals surface area contributed by atoms with Gasteiger partial charge in [-0.25, -0.2) is 10.2 Å². The molecule has 1 heterocycles. The van der Waals surface area contributed by atoms with Gasteiger partial charge in [0, 0.05) is 18.6 Å². The van der Waals surface area contributed by atoms with Crippen LogP contribution in [0.4, 0.5) is 4.79 Å². The Kier molecular flexibility index (Phi) is 3.87. The molecule has 1 rings (SSSR count). The Balaban J connectivity index is 2.42. The zero-order valence-electron chi connectivity index (χ0n) is 7.42. The fourth-order valence-electron chi connectivity index (χ4n) is 0.773. The highest BCUT2D eigenvalue weighted by Crippen LogP contribution is 1.97. The van der Waals surface area contributed by atoms with Gasteiger partial charge in [-0.1, -0.05) is 6.08 Å². The topological polar surface area (TPSA) is 80.4 Å². The maximum Gasteiger partial charge on any atom is 0.332 e. The Morgan fingerprint density at radius 2 is 2.21 bits per heavy atom. The quantitative estimate of drug-likeness (QED) is 0.544. The van der Waals surface area contributed by atoms with Crippen LogP contribution in [-0.4, -0.2) is 17.2 Å². The number of carbonyl (C=O) groups excluding carboxylic acids is 1. The summed E-state index contributed by atoms with van der Waals surface area (Å²) < 4.78 is 0. The minimum Gasteiger partial charge on any atom is -0.350 e. The second kappa shape index (κ2) is 5.47. The van der Waals surface area contributed by atoms with Crippen molar-refractivity contribution in [1.82, 2.24) is 10.4 Å². The molecule has 0 radical (unpaired) electrons. The molecular formula is C9H10N4O. The Bertz CT molecular complexity index is 345. The van der Waals surface area contributed by atoms with Crippen LogP contribution in [0.2, 0.25) is 0 Å². The molecule has 1 aromatic rings. The highest BCUT2D eigenvalue weighted by molar-refractivity contribution is 5.80. The first kappa shape index (κ1) is 9.91. The lowest BCUT2D eigenvalue weighted by molar-refractivity contribution is 0.249. The first-order valence-electron chi connectivity index (χ1n) is 3.94. The zero-order chi connectivity index (χ0) is 10.2. The number of aromatic nitrogens is 1. The first-order valence-corrected chi connectivity index (χ1v) is 3.94. The summed E-state index contributed by atoms with van der Waals surface area (Å²) in [6.45, 7) is 0. The summed E-state index contributed by atoms with van der Waals surface area (Å²) in [5.74, 6) is 0. The third-order valence-corrected chi connectivity index (χ3v) is 1.33. The fourth-order valence-corrected chi connectivity index (χ4v) is 0.773. The number of hydrogen-bond donors (Lipinski definition) is 2. The molecule has 0 atom stereocenters. The molecule has 1 aromatic heterocycles. The van der Waals surface area contributed by atoms with Crippen molar-refractivity contribution >= 4 is 18.3 Å². The van der Waals surface area contributed by atoms with Crippen LogP contribution in [0.1, 0.15) is 5.56 Å². The average molecular weight is 190 g/mol. The van der Waals surface area contributed by atoms with Gasteiger partial charge in [0.25, 0.3) is 0 Å². The van der Waals surface area contributed by atoms with Gasteiger partial charge in [0.1, 0.15) is 0 Å². The van der Waals surface area contributed by atoms with Crippen LogP contribution in [0.5, 0.6) is 0 Å². The zero-order valence-corrected chi connectivity index (χ0v) is 7.42. The number of pyridine rings is 1. The van der Waals surface area contributed by atoms with Crippen molar-refractivity contribution in [1.29, 1.82) is 0 Å². The number of carbonyl (C=O) groups is 1. The van der Waals surface area contributed by atoms with E-state index < -0.39 is 6.03 Å². The van der Waals surface area contributed by atoms with E-state index in [0.717, 1.165) is 5.56 Å². The van der Waals surface area contributed by atoms with E-state index in [-0.39, 0.29) is 0 Å². The molecule has 3 N–H and O–H groups in total. The Morgan fingerprint density at radius 3 is 2.86 bits per heavy atom. The van der Waals surface area contributed by atoms with Gasteiger partial charge in [0.2, 0.25) is 0 Å².